The van der Waals surface area contributed by atoms with Crippen LogP contribution in [0, 0.1) is 51.2 Å². The molecule has 0 heterocycles. The number of Topliss-reactive ketones (excluding diaryl/α,β-unsaturated/α-hetero) is 1. The van der Waals surface area contributed by atoms with Crippen LogP contribution in [0.15, 0.2) is 12.2 Å². The van der Waals surface area contributed by atoms with Crippen molar-refractivity contribution in [3.05, 3.63) is 12.2 Å². The molecule has 0 aromatic heterocycles. The first-order chi connectivity index (χ1) is 14.5. The van der Waals surface area contributed by atoms with E-state index in [1.807, 2.05) is 0 Å². The van der Waals surface area contributed by atoms with Crippen LogP contribution < -0.4 is 5.73 Å². The van der Waals surface area contributed by atoms with Gasteiger partial charge in [-0.1, -0.05) is 32.9 Å². The Morgan fingerprint density at radius 3 is 2.39 bits per heavy atom. The quantitative estimate of drug-likeness (QED) is 0.546. The topological polar surface area (TPSA) is 60.2 Å². The molecule has 3 heteroatoms. The van der Waals surface area contributed by atoms with E-state index in [9.17, 15) is 9.59 Å². The molecule has 0 unspecified atom stereocenters. The Hall–Kier alpha value is -1.12. The van der Waals surface area contributed by atoms with Crippen molar-refractivity contribution in [2.45, 2.75) is 98.3 Å². The highest BCUT2D eigenvalue weighted by atomic mass is 16.1. The maximum atomic E-state index is 12.9. The van der Waals surface area contributed by atoms with Crippen molar-refractivity contribution >= 4 is 11.7 Å². The maximum Gasteiger partial charge on any atom is 0.223 e. The van der Waals surface area contributed by atoms with E-state index in [4.69, 9.17) is 5.73 Å². The van der Waals surface area contributed by atoms with Gasteiger partial charge in [-0.25, -0.2) is 0 Å². The van der Waals surface area contributed by atoms with E-state index < -0.39 is 0 Å². The van der Waals surface area contributed by atoms with Crippen LogP contribution in [-0.4, -0.2) is 11.7 Å². The second-order valence-electron chi connectivity index (χ2n) is 13.1. The first-order valence-corrected chi connectivity index (χ1v) is 13.0. The summed E-state index contributed by atoms with van der Waals surface area (Å²) < 4.78 is 0. The normalized spacial score (nSPS) is 53.7. The van der Waals surface area contributed by atoms with Crippen molar-refractivity contribution in [3.63, 3.8) is 0 Å². The molecule has 5 rings (SSSR count). The van der Waals surface area contributed by atoms with E-state index in [0.717, 1.165) is 44.9 Å². The summed E-state index contributed by atoms with van der Waals surface area (Å²) in [6, 6.07) is 0. The molecule has 0 aliphatic heterocycles. The van der Waals surface area contributed by atoms with E-state index in [2.05, 4.69) is 34.3 Å². The lowest BCUT2D eigenvalue weighted by atomic mass is 9.33. The Balaban J connectivity index is 1.56. The van der Waals surface area contributed by atoms with Crippen LogP contribution in [-0.2, 0) is 9.59 Å². The number of fused-ring (bicyclic) bond motifs is 7. The van der Waals surface area contributed by atoms with Gasteiger partial charge in [0.05, 0.1) is 5.41 Å². The highest BCUT2D eigenvalue weighted by Gasteiger charge is 2.70. The van der Waals surface area contributed by atoms with Gasteiger partial charge in [0.1, 0.15) is 5.78 Å². The number of carbonyl (C=O) groups excluding carboxylic acids is 2. The van der Waals surface area contributed by atoms with Crippen molar-refractivity contribution in [2.75, 3.05) is 0 Å². The summed E-state index contributed by atoms with van der Waals surface area (Å²) in [4.78, 5) is 25.2. The largest absolute Gasteiger partial charge is 0.369 e. The third-order valence-electron chi connectivity index (χ3n) is 12.4. The van der Waals surface area contributed by atoms with E-state index >= 15 is 0 Å². The van der Waals surface area contributed by atoms with Gasteiger partial charge < -0.3 is 5.73 Å². The number of hydrogen-bond acceptors (Lipinski definition) is 2. The molecule has 0 radical (unpaired) electrons. The number of carbonyl (C=O) groups is 2. The molecule has 5 saturated carbocycles. The SMILES string of the molecule is C=C(C)[C@H]1CC[C@@]2(C(N)=O)CC[C@]3(C)[C@H](CC[C@H]4[C@@]5(C)CCC(=O)C[C@H]5CC[C@@]43C)[C@@H]12. The van der Waals surface area contributed by atoms with Gasteiger partial charge >= 0.3 is 0 Å². The summed E-state index contributed by atoms with van der Waals surface area (Å²) in [6.45, 7) is 14.2. The zero-order valence-corrected chi connectivity index (χ0v) is 20.3. The predicted molar refractivity (Wildman–Crippen MR) is 124 cm³/mol. The number of primary amides is 1. The van der Waals surface area contributed by atoms with Gasteiger partial charge in [0.2, 0.25) is 5.91 Å². The molecule has 0 aromatic carbocycles. The minimum atomic E-state index is -0.310. The summed E-state index contributed by atoms with van der Waals surface area (Å²) in [5, 5.41) is 0. The number of ketones is 1. The van der Waals surface area contributed by atoms with Crippen LogP contribution in [0.4, 0.5) is 0 Å². The Morgan fingerprint density at radius 1 is 0.968 bits per heavy atom. The fourth-order valence-corrected chi connectivity index (χ4v) is 10.5. The van der Waals surface area contributed by atoms with Gasteiger partial charge in [-0.2, -0.15) is 0 Å². The molecular formula is C28H43NO2. The number of amides is 1. The van der Waals surface area contributed by atoms with Crippen molar-refractivity contribution in [3.8, 4) is 0 Å². The standard InChI is InChI=1S/C28H43NO2/c1-17(2)20-10-13-28(24(29)31)15-14-26(4)21(23(20)28)6-7-22-25(3)11-9-19(30)16-18(25)8-12-27(22,26)5/h18,20-23H,1,6-16H2,2-5H3,(H2,29,31)/t18-,20-,21-,22+,23-,25+,26-,27+,28-/m1/s1. The summed E-state index contributed by atoms with van der Waals surface area (Å²) >= 11 is 0. The summed E-state index contributed by atoms with van der Waals surface area (Å²) in [5.74, 6) is 3.09. The van der Waals surface area contributed by atoms with Crippen LogP contribution in [0.2, 0.25) is 0 Å². The minimum absolute atomic E-state index is 0.0444. The van der Waals surface area contributed by atoms with Crippen LogP contribution >= 0.6 is 0 Å². The van der Waals surface area contributed by atoms with Gasteiger partial charge in [0.15, 0.2) is 0 Å². The highest BCUT2D eigenvalue weighted by Crippen LogP contribution is 2.76. The molecule has 1 amide bonds. The van der Waals surface area contributed by atoms with Gasteiger partial charge in [0, 0.05) is 12.8 Å². The van der Waals surface area contributed by atoms with Gasteiger partial charge in [-0.15, -0.1) is 0 Å². The molecule has 5 fully saturated rings. The van der Waals surface area contributed by atoms with E-state index in [1.54, 1.807) is 0 Å². The number of nitrogens with two attached hydrogens (primary N) is 1. The van der Waals surface area contributed by atoms with Crippen LogP contribution in [0.3, 0.4) is 0 Å². The molecule has 5 aliphatic carbocycles. The fourth-order valence-electron chi connectivity index (χ4n) is 10.5. The zero-order chi connectivity index (χ0) is 22.4. The molecule has 5 aliphatic rings. The second-order valence-corrected chi connectivity index (χ2v) is 13.1. The van der Waals surface area contributed by atoms with Crippen molar-refractivity contribution in [1.29, 1.82) is 0 Å². The summed E-state index contributed by atoms with van der Waals surface area (Å²) in [7, 11) is 0. The Labute approximate surface area is 189 Å². The number of hydrogen-bond donors (Lipinski definition) is 1. The lowest BCUT2D eigenvalue weighted by molar-refractivity contribution is -0.221. The lowest BCUT2D eigenvalue weighted by Crippen LogP contribution is -2.65. The molecular weight excluding hydrogens is 382 g/mol. The third kappa shape index (κ3) is 2.58. The molecule has 172 valence electrons. The van der Waals surface area contributed by atoms with Gasteiger partial charge in [-0.3, -0.25) is 9.59 Å². The molecule has 0 bridgehead atoms. The zero-order valence-electron chi connectivity index (χ0n) is 20.3. The van der Waals surface area contributed by atoms with Crippen molar-refractivity contribution in [1.82, 2.24) is 0 Å². The first kappa shape index (κ1) is 21.7. The Bertz CT molecular complexity index is 833. The van der Waals surface area contributed by atoms with E-state index in [-0.39, 0.29) is 22.2 Å². The highest BCUT2D eigenvalue weighted by molar-refractivity contribution is 5.82. The second kappa shape index (κ2) is 6.70. The average molecular weight is 426 g/mol. The molecule has 3 nitrogen and oxygen atoms in total. The van der Waals surface area contributed by atoms with Crippen LogP contribution in [0.1, 0.15) is 98.3 Å². The van der Waals surface area contributed by atoms with E-state index in [0.29, 0.717) is 40.8 Å². The van der Waals surface area contributed by atoms with E-state index in [1.165, 1.54) is 31.3 Å². The Kier molecular flexibility index (Phi) is 4.69. The number of rotatable bonds is 2. The summed E-state index contributed by atoms with van der Waals surface area (Å²) in [6.07, 6.45) is 11.7. The van der Waals surface area contributed by atoms with Crippen LogP contribution in [0.25, 0.3) is 0 Å². The maximum absolute atomic E-state index is 12.9. The number of allylic oxidation sites excluding steroid dienone is 1. The molecule has 0 saturated heterocycles. The predicted octanol–water partition coefficient (Wildman–Crippen LogP) is 6.06. The summed E-state index contributed by atoms with van der Waals surface area (Å²) in [5.41, 5.74) is 7.93. The van der Waals surface area contributed by atoms with Gasteiger partial charge in [-0.05, 0) is 111 Å². The molecule has 0 aromatic rings. The smallest absolute Gasteiger partial charge is 0.223 e. The minimum Gasteiger partial charge on any atom is -0.369 e. The lowest BCUT2D eigenvalue weighted by Gasteiger charge is -2.71. The van der Waals surface area contributed by atoms with Crippen molar-refractivity contribution in [2.24, 2.45) is 57.0 Å². The Morgan fingerprint density at radius 2 is 1.71 bits per heavy atom. The molecule has 31 heavy (non-hydrogen) atoms. The van der Waals surface area contributed by atoms with Crippen LogP contribution in [0.5, 0.6) is 0 Å². The molecule has 0 spiro atoms. The first-order valence-electron chi connectivity index (χ1n) is 13.0. The van der Waals surface area contributed by atoms with Gasteiger partial charge in [0.25, 0.3) is 0 Å². The third-order valence-corrected chi connectivity index (χ3v) is 12.4. The molecule has 2 N–H and O–H groups in total. The fraction of sp³-hybridized carbons (Fsp3) is 0.857. The van der Waals surface area contributed by atoms with Crippen molar-refractivity contribution < 1.29 is 9.59 Å². The molecule has 9 atom stereocenters. The monoisotopic (exact) mass is 425 g/mol. The average Bonchev–Trinajstić information content (AvgIpc) is 3.11.